The number of benzene rings is 1. The molecule has 1 aromatic carbocycles. The van der Waals surface area contributed by atoms with Gasteiger partial charge in [-0.2, -0.15) is 0 Å². The number of esters is 1. The van der Waals surface area contributed by atoms with Crippen molar-refractivity contribution in [2.75, 3.05) is 32.8 Å². The number of hydrogen-bond acceptors (Lipinski definition) is 4. The maximum atomic E-state index is 12.9. The van der Waals surface area contributed by atoms with Crippen LogP contribution in [0.3, 0.4) is 0 Å². The summed E-state index contributed by atoms with van der Waals surface area (Å²) in [6.07, 6.45) is 4.55. The molecule has 2 saturated heterocycles. The molecule has 0 radical (unpaired) electrons. The van der Waals surface area contributed by atoms with E-state index in [9.17, 15) is 14.4 Å². The highest BCUT2D eigenvalue weighted by Crippen LogP contribution is 2.26. The van der Waals surface area contributed by atoms with Crippen LogP contribution >= 0.6 is 11.6 Å². The van der Waals surface area contributed by atoms with Gasteiger partial charge in [0.1, 0.15) is 0 Å². The third kappa shape index (κ3) is 5.54. The minimum Gasteiger partial charge on any atom is -0.465 e. The number of amides is 2. The van der Waals surface area contributed by atoms with Crippen molar-refractivity contribution in [1.29, 1.82) is 0 Å². The van der Waals surface area contributed by atoms with E-state index in [0.717, 1.165) is 12.8 Å². The van der Waals surface area contributed by atoms with Gasteiger partial charge in [-0.25, -0.2) is 0 Å². The number of halogens is 1. The van der Waals surface area contributed by atoms with Gasteiger partial charge in [-0.3, -0.25) is 14.4 Å². The molecule has 7 heteroatoms. The van der Waals surface area contributed by atoms with E-state index in [1.54, 1.807) is 29.2 Å². The second-order valence-electron chi connectivity index (χ2n) is 8.17. The van der Waals surface area contributed by atoms with Gasteiger partial charge in [0.15, 0.2) is 0 Å². The number of carbonyl (C=O) groups is 3. The quantitative estimate of drug-likeness (QED) is 0.505. The molecule has 2 aliphatic heterocycles. The van der Waals surface area contributed by atoms with Crippen LogP contribution in [0.25, 0.3) is 0 Å². The first-order valence-electron chi connectivity index (χ1n) is 11.0. The van der Waals surface area contributed by atoms with Gasteiger partial charge >= 0.3 is 5.97 Å². The SMILES string of the molecule is CCCCOC(=O)C1CCN(C(=O)C2CCN(C(=O)c3ccccc3Cl)CC2)CC1. The Morgan fingerprint density at radius 1 is 0.967 bits per heavy atom. The summed E-state index contributed by atoms with van der Waals surface area (Å²) in [4.78, 5) is 41.4. The molecule has 0 aliphatic carbocycles. The second-order valence-corrected chi connectivity index (χ2v) is 8.57. The first-order valence-corrected chi connectivity index (χ1v) is 11.4. The molecule has 0 saturated carbocycles. The highest BCUT2D eigenvalue weighted by Gasteiger charge is 2.34. The summed E-state index contributed by atoms with van der Waals surface area (Å²) in [6.45, 7) is 4.87. The van der Waals surface area contributed by atoms with Gasteiger partial charge in [0, 0.05) is 32.1 Å². The lowest BCUT2D eigenvalue weighted by molar-refractivity contribution is -0.152. The van der Waals surface area contributed by atoms with Crippen LogP contribution in [0.4, 0.5) is 0 Å². The average molecular weight is 435 g/mol. The lowest BCUT2D eigenvalue weighted by Gasteiger charge is -2.37. The van der Waals surface area contributed by atoms with Crippen molar-refractivity contribution in [2.24, 2.45) is 11.8 Å². The number of hydrogen-bond donors (Lipinski definition) is 0. The molecular formula is C23H31ClN2O4. The smallest absolute Gasteiger partial charge is 0.309 e. The van der Waals surface area contributed by atoms with Gasteiger partial charge in [0.25, 0.3) is 5.91 Å². The Morgan fingerprint density at radius 2 is 1.57 bits per heavy atom. The number of rotatable bonds is 6. The Bertz CT molecular complexity index is 753. The van der Waals surface area contributed by atoms with E-state index in [4.69, 9.17) is 16.3 Å². The topological polar surface area (TPSA) is 66.9 Å². The van der Waals surface area contributed by atoms with E-state index < -0.39 is 0 Å². The van der Waals surface area contributed by atoms with Gasteiger partial charge in [-0.05, 0) is 44.2 Å². The molecule has 2 amide bonds. The van der Waals surface area contributed by atoms with Gasteiger partial charge in [-0.1, -0.05) is 37.1 Å². The summed E-state index contributed by atoms with van der Waals surface area (Å²) in [7, 11) is 0. The summed E-state index contributed by atoms with van der Waals surface area (Å²) in [5.41, 5.74) is 0.511. The summed E-state index contributed by atoms with van der Waals surface area (Å²) < 4.78 is 5.32. The van der Waals surface area contributed by atoms with E-state index >= 15 is 0 Å². The summed E-state index contributed by atoms with van der Waals surface area (Å²) in [6, 6.07) is 7.06. The van der Waals surface area contributed by atoms with Crippen molar-refractivity contribution in [3.05, 3.63) is 34.9 Å². The Kier molecular flexibility index (Phi) is 8.14. The first-order chi connectivity index (χ1) is 14.5. The van der Waals surface area contributed by atoms with Gasteiger partial charge < -0.3 is 14.5 Å². The van der Waals surface area contributed by atoms with Gasteiger partial charge in [-0.15, -0.1) is 0 Å². The zero-order valence-electron chi connectivity index (χ0n) is 17.6. The summed E-state index contributed by atoms with van der Waals surface area (Å²) in [5.74, 6) is -0.206. The Morgan fingerprint density at radius 3 is 2.20 bits per heavy atom. The molecule has 0 atom stereocenters. The maximum Gasteiger partial charge on any atom is 0.309 e. The third-order valence-corrected chi connectivity index (χ3v) is 6.45. The highest BCUT2D eigenvalue weighted by atomic mass is 35.5. The Labute approximate surface area is 183 Å². The predicted octanol–water partition coefficient (Wildman–Crippen LogP) is 3.77. The fourth-order valence-corrected chi connectivity index (χ4v) is 4.38. The molecule has 30 heavy (non-hydrogen) atoms. The molecule has 0 aromatic heterocycles. The minimum absolute atomic E-state index is 0.0617. The molecule has 2 fully saturated rings. The van der Waals surface area contributed by atoms with E-state index in [-0.39, 0.29) is 29.6 Å². The zero-order chi connectivity index (χ0) is 21.5. The molecule has 0 unspecified atom stereocenters. The first kappa shape index (κ1) is 22.6. The summed E-state index contributed by atoms with van der Waals surface area (Å²) >= 11 is 6.15. The van der Waals surface area contributed by atoms with E-state index in [1.807, 2.05) is 4.90 Å². The van der Waals surface area contributed by atoms with Crippen LogP contribution in [-0.2, 0) is 14.3 Å². The molecule has 0 N–H and O–H groups in total. The lowest BCUT2D eigenvalue weighted by atomic mass is 9.92. The van der Waals surface area contributed by atoms with Crippen LogP contribution in [-0.4, -0.2) is 60.4 Å². The van der Waals surface area contributed by atoms with Crippen molar-refractivity contribution >= 4 is 29.4 Å². The number of nitrogens with zero attached hydrogens (tertiary/aromatic N) is 2. The van der Waals surface area contributed by atoms with Crippen LogP contribution < -0.4 is 0 Å². The predicted molar refractivity (Wildman–Crippen MR) is 115 cm³/mol. The van der Waals surface area contributed by atoms with Crippen LogP contribution in [0.1, 0.15) is 55.8 Å². The van der Waals surface area contributed by atoms with E-state index in [0.29, 0.717) is 69.1 Å². The molecule has 0 spiro atoms. The highest BCUT2D eigenvalue weighted by molar-refractivity contribution is 6.33. The molecular weight excluding hydrogens is 404 g/mol. The molecule has 3 rings (SSSR count). The summed E-state index contributed by atoms with van der Waals surface area (Å²) in [5, 5.41) is 0.455. The fourth-order valence-electron chi connectivity index (χ4n) is 4.16. The molecule has 0 bridgehead atoms. The van der Waals surface area contributed by atoms with Crippen molar-refractivity contribution in [3.8, 4) is 0 Å². The zero-order valence-corrected chi connectivity index (χ0v) is 18.4. The molecule has 6 nitrogen and oxygen atoms in total. The normalized spacial score (nSPS) is 18.3. The van der Waals surface area contributed by atoms with Crippen molar-refractivity contribution in [1.82, 2.24) is 9.80 Å². The number of likely N-dealkylation sites (tertiary alicyclic amines) is 2. The fraction of sp³-hybridized carbons (Fsp3) is 0.609. The maximum absolute atomic E-state index is 12.9. The average Bonchev–Trinajstić information content (AvgIpc) is 2.79. The Hall–Kier alpha value is -2.08. The number of carbonyl (C=O) groups excluding carboxylic acids is 3. The monoisotopic (exact) mass is 434 g/mol. The van der Waals surface area contributed by atoms with Crippen LogP contribution in [0.5, 0.6) is 0 Å². The van der Waals surface area contributed by atoms with Crippen LogP contribution in [0.15, 0.2) is 24.3 Å². The molecule has 2 heterocycles. The van der Waals surface area contributed by atoms with Crippen molar-refractivity contribution in [2.45, 2.75) is 45.4 Å². The van der Waals surface area contributed by atoms with Crippen LogP contribution in [0.2, 0.25) is 5.02 Å². The van der Waals surface area contributed by atoms with Crippen molar-refractivity contribution < 1.29 is 19.1 Å². The second kappa shape index (κ2) is 10.8. The molecule has 1 aromatic rings. The third-order valence-electron chi connectivity index (χ3n) is 6.12. The van der Waals surface area contributed by atoms with E-state index in [1.165, 1.54) is 0 Å². The molecule has 2 aliphatic rings. The standard InChI is InChI=1S/C23H31ClN2O4/c1-2-3-16-30-23(29)18-10-14-25(15-11-18)21(27)17-8-12-26(13-9-17)22(28)19-6-4-5-7-20(19)24/h4-7,17-18H,2-3,8-16H2,1H3. The minimum atomic E-state index is -0.123. The van der Waals surface area contributed by atoms with Crippen molar-refractivity contribution in [3.63, 3.8) is 0 Å². The largest absolute Gasteiger partial charge is 0.465 e. The van der Waals surface area contributed by atoms with E-state index in [2.05, 4.69) is 6.92 Å². The lowest BCUT2D eigenvalue weighted by Crippen LogP contribution is -2.47. The number of ether oxygens (including phenoxy) is 1. The van der Waals surface area contributed by atoms with Crippen LogP contribution in [0, 0.1) is 11.8 Å². The Balaban J connectivity index is 1.44. The number of piperidine rings is 2. The molecule has 164 valence electrons. The number of unbranched alkanes of at least 4 members (excludes halogenated alkanes) is 1. The van der Waals surface area contributed by atoms with Gasteiger partial charge in [0.05, 0.1) is 23.1 Å². The van der Waals surface area contributed by atoms with Gasteiger partial charge in [0.2, 0.25) is 5.91 Å².